The Bertz CT molecular complexity index is 3700. The van der Waals surface area contributed by atoms with Crippen molar-refractivity contribution < 1.29 is 0 Å². The molecule has 0 fully saturated rings. The van der Waals surface area contributed by atoms with Gasteiger partial charge in [-0.3, -0.25) is 4.98 Å². The third-order valence-electron chi connectivity index (χ3n) is 13.8. The van der Waals surface area contributed by atoms with Gasteiger partial charge in [-0.2, -0.15) is 0 Å². The highest BCUT2D eigenvalue weighted by atomic mass is 14.8. The Kier molecular flexibility index (Phi) is 11.4. The number of rotatable bonds is 6. The molecular weight excluding hydrogens is 879 g/mol. The highest BCUT2D eigenvalue weighted by molar-refractivity contribution is 5.99. The fourth-order valence-corrected chi connectivity index (χ4v) is 9.75. The number of aromatic nitrogens is 7. The standard InChI is InChI=1S/C65H59N7/c1-63(2,3)43-25-19-40(20-26-43)59-51-31-33-53(69-51)60(41-21-27-44(28-22-41)64(4,5)6)55-35-37-57(71-55)62(50-18-13-17-49(68-50)48-16-12-15-47(67-48)46-14-10-11-39-66-46)58-38-36-56(72-58)61(54-34-32-52(59)70-54)42-23-29-45(30-24-42)65(7,8)9/h10-39,69,72H,1-9H3. The molecule has 2 N–H and O–H groups in total. The SMILES string of the molecule is CC(C)(C)c1ccc(-c2c3nc(c(-c4ccc(C(C)(C)C)cc4)c4ccc([nH]4)c(-c4cccc(-c5cccc(-c6ccccn6)n5)n4)c4nc(c(-c5ccc(C(C)(C)C)cc5)c5ccc2[nH]5)C=C4)C=C3)cc1. The summed E-state index contributed by atoms with van der Waals surface area (Å²) in [5.41, 5.74) is 21.8. The van der Waals surface area contributed by atoms with Crippen LogP contribution in [0.25, 0.3) is 114 Å². The summed E-state index contributed by atoms with van der Waals surface area (Å²) in [5, 5.41) is 0. The van der Waals surface area contributed by atoms with Crippen LogP contribution in [0.3, 0.4) is 0 Å². The Labute approximate surface area is 422 Å². The molecule has 0 radical (unpaired) electrons. The quantitative estimate of drug-likeness (QED) is 0.173. The van der Waals surface area contributed by atoms with E-state index in [-0.39, 0.29) is 16.2 Å². The molecule has 6 aromatic heterocycles. The predicted molar refractivity (Wildman–Crippen MR) is 301 cm³/mol. The van der Waals surface area contributed by atoms with Crippen molar-refractivity contribution in [3.8, 4) is 67.4 Å². The molecule has 7 nitrogen and oxygen atoms in total. The number of pyridine rings is 3. The number of hydrogen-bond acceptors (Lipinski definition) is 5. The summed E-state index contributed by atoms with van der Waals surface area (Å²) in [6.07, 6.45) is 10.4. The second kappa shape index (κ2) is 17.8. The molecule has 0 unspecified atom stereocenters. The Hall–Kier alpha value is -8.29. The molecule has 11 rings (SSSR count). The van der Waals surface area contributed by atoms with E-state index >= 15 is 0 Å². The van der Waals surface area contributed by atoms with Crippen LogP contribution in [0, 0.1) is 0 Å². The van der Waals surface area contributed by atoms with Crippen LogP contribution in [0.2, 0.25) is 0 Å². The van der Waals surface area contributed by atoms with Crippen LogP contribution in [0.4, 0.5) is 0 Å². The molecule has 8 heterocycles. The average molecular weight is 938 g/mol. The molecule has 9 aromatic rings. The van der Waals surface area contributed by atoms with E-state index in [0.29, 0.717) is 0 Å². The zero-order chi connectivity index (χ0) is 49.9. The number of nitrogens with one attached hydrogen (secondary N) is 2. The lowest BCUT2D eigenvalue weighted by molar-refractivity contribution is 0.590. The van der Waals surface area contributed by atoms with E-state index in [1.807, 2.05) is 42.5 Å². The van der Waals surface area contributed by atoms with Crippen molar-refractivity contribution in [1.29, 1.82) is 0 Å². The number of hydrogen-bond donors (Lipinski definition) is 2. The third-order valence-corrected chi connectivity index (χ3v) is 13.8. The van der Waals surface area contributed by atoms with Crippen LogP contribution in [-0.4, -0.2) is 34.9 Å². The molecule has 2 aliphatic heterocycles. The van der Waals surface area contributed by atoms with Crippen molar-refractivity contribution in [2.45, 2.75) is 78.6 Å². The smallest absolute Gasteiger partial charge is 0.0894 e. The van der Waals surface area contributed by atoms with Crippen molar-refractivity contribution in [3.63, 3.8) is 0 Å². The van der Waals surface area contributed by atoms with Gasteiger partial charge in [-0.1, -0.05) is 153 Å². The molecule has 0 saturated carbocycles. The van der Waals surface area contributed by atoms with E-state index in [4.69, 9.17) is 19.9 Å². The van der Waals surface area contributed by atoms with Crippen LogP contribution in [0.15, 0.2) is 158 Å². The number of H-pyrrole nitrogens is 2. The lowest BCUT2D eigenvalue weighted by Gasteiger charge is -2.19. The van der Waals surface area contributed by atoms with E-state index in [1.54, 1.807) is 6.20 Å². The Morgan fingerprint density at radius 1 is 0.292 bits per heavy atom. The highest BCUT2D eigenvalue weighted by Gasteiger charge is 2.22. The molecule has 0 spiro atoms. The predicted octanol–water partition coefficient (Wildman–Crippen LogP) is 16.7. The van der Waals surface area contributed by atoms with Gasteiger partial charge in [0.1, 0.15) is 0 Å². The molecular formula is C65H59N7. The van der Waals surface area contributed by atoms with Gasteiger partial charge in [0, 0.05) is 45.0 Å². The molecule has 0 saturated heterocycles. The van der Waals surface area contributed by atoms with Crippen LogP contribution in [-0.2, 0) is 16.2 Å². The summed E-state index contributed by atoms with van der Waals surface area (Å²) < 4.78 is 0. The molecule has 72 heavy (non-hydrogen) atoms. The molecule has 3 aromatic carbocycles. The number of fused-ring (bicyclic) bond motifs is 8. The van der Waals surface area contributed by atoms with E-state index in [2.05, 4.69) is 211 Å². The maximum Gasteiger partial charge on any atom is 0.0894 e. The molecule has 354 valence electrons. The summed E-state index contributed by atoms with van der Waals surface area (Å²) in [6.45, 7) is 20.3. The van der Waals surface area contributed by atoms with Crippen molar-refractivity contribution >= 4 is 46.4 Å². The van der Waals surface area contributed by atoms with E-state index in [0.717, 1.165) is 112 Å². The topological polar surface area (TPSA) is 96.0 Å². The first-order chi connectivity index (χ1) is 34.5. The summed E-state index contributed by atoms with van der Waals surface area (Å²) in [4.78, 5) is 34.0. The lowest BCUT2D eigenvalue weighted by Crippen LogP contribution is -2.10. The number of benzene rings is 3. The monoisotopic (exact) mass is 937 g/mol. The van der Waals surface area contributed by atoms with Crippen molar-refractivity contribution in [3.05, 3.63) is 197 Å². The van der Waals surface area contributed by atoms with Gasteiger partial charge in [0.25, 0.3) is 0 Å². The van der Waals surface area contributed by atoms with Gasteiger partial charge in [-0.05, 0) is 135 Å². The second-order valence-electron chi connectivity index (χ2n) is 22.0. The van der Waals surface area contributed by atoms with Gasteiger partial charge in [-0.25, -0.2) is 19.9 Å². The first kappa shape index (κ1) is 46.1. The minimum atomic E-state index is -0.00443. The van der Waals surface area contributed by atoms with Gasteiger partial charge in [-0.15, -0.1) is 0 Å². The normalized spacial score (nSPS) is 12.7. The van der Waals surface area contributed by atoms with Gasteiger partial charge in [0.05, 0.1) is 56.8 Å². The second-order valence-corrected chi connectivity index (χ2v) is 22.0. The van der Waals surface area contributed by atoms with Crippen LogP contribution < -0.4 is 0 Å². The van der Waals surface area contributed by atoms with Gasteiger partial charge >= 0.3 is 0 Å². The maximum absolute atomic E-state index is 5.58. The van der Waals surface area contributed by atoms with Crippen molar-refractivity contribution in [2.24, 2.45) is 0 Å². The van der Waals surface area contributed by atoms with Gasteiger partial charge in [0.2, 0.25) is 0 Å². The molecule has 0 aliphatic carbocycles. The first-order valence-corrected chi connectivity index (χ1v) is 24.9. The largest absolute Gasteiger partial charge is 0.354 e. The summed E-state index contributed by atoms with van der Waals surface area (Å²) in [7, 11) is 0. The molecule has 0 atom stereocenters. The number of nitrogens with zero attached hydrogens (tertiary/aromatic N) is 5. The summed E-state index contributed by atoms with van der Waals surface area (Å²) in [6, 6.07) is 53.6. The Morgan fingerprint density at radius 3 is 0.972 bits per heavy atom. The first-order valence-electron chi connectivity index (χ1n) is 24.9. The zero-order valence-corrected chi connectivity index (χ0v) is 42.6. The van der Waals surface area contributed by atoms with E-state index in [1.165, 1.54) is 16.7 Å². The molecule has 0 amide bonds. The fraction of sp³-hybridized carbons (Fsp3) is 0.185. The summed E-state index contributed by atoms with van der Waals surface area (Å²) >= 11 is 0. The Balaban J connectivity index is 1.23. The highest BCUT2D eigenvalue weighted by Crippen LogP contribution is 2.40. The minimum Gasteiger partial charge on any atom is -0.354 e. The lowest BCUT2D eigenvalue weighted by atomic mass is 9.86. The van der Waals surface area contributed by atoms with Gasteiger partial charge < -0.3 is 9.97 Å². The zero-order valence-electron chi connectivity index (χ0n) is 42.6. The maximum atomic E-state index is 5.58. The van der Waals surface area contributed by atoms with Crippen LogP contribution in [0.1, 0.15) is 102 Å². The van der Waals surface area contributed by atoms with Crippen molar-refractivity contribution in [1.82, 2.24) is 34.9 Å². The average Bonchev–Trinajstić information content (AvgIpc) is 4.23. The van der Waals surface area contributed by atoms with E-state index < -0.39 is 0 Å². The Morgan fingerprint density at radius 2 is 0.611 bits per heavy atom. The summed E-state index contributed by atoms with van der Waals surface area (Å²) in [5.74, 6) is 0. The fourth-order valence-electron chi connectivity index (χ4n) is 9.75. The van der Waals surface area contributed by atoms with Gasteiger partial charge in [0.15, 0.2) is 0 Å². The van der Waals surface area contributed by atoms with Crippen LogP contribution >= 0.6 is 0 Å². The van der Waals surface area contributed by atoms with Crippen molar-refractivity contribution in [2.75, 3.05) is 0 Å². The molecule has 2 aliphatic rings. The number of aromatic amines is 2. The minimum absolute atomic E-state index is 0.00443. The third kappa shape index (κ3) is 8.92. The van der Waals surface area contributed by atoms with E-state index in [9.17, 15) is 0 Å². The van der Waals surface area contributed by atoms with Crippen LogP contribution in [0.5, 0.6) is 0 Å². The molecule has 8 bridgehead atoms. The molecule has 7 heteroatoms.